The monoisotopic (exact) mass is 376 g/mol. The van der Waals surface area contributed by atoms with Crippen molar-refractivity contribution in [3.05, 3.63) is 46.2 Å². The summed E-state index contributed by atoms with van der Waals surface area (Å²) in [6.45, 7) is 7.10. The van der Waals surface area contributed by atoms with Crippen molar-refractivity contribution >= 4 is 21.7 Å². The van der Waals surface area contributed by atoms with Crippen LogP contribution in [-0.4, -0.2) is 48.2 Å². The number of halogens is 1. The number of aryl methyl sites for hydroxylation is 1. The van der Waals surface area contributed by atoms with Crippen molar-refractivity contribution < 1.29 is 4.74 Å². The number of nitrogens with zero attached hydrogens (tertiary/aromatic N) is 4. The van der Waals surface area contributed by atoms with Crippen LogP contribution >= 0.6 is 15.9 Å². The van der Waals surface area contributed by atoms with Gasteiger partial charge in [-0.1, -0.05) is 6.07 Å². The van der Waals surface area contributed by atoms with Gasteiger partial charge < -0.3 is 9.64 Å². The first-order chi connectivity index (χ1) is 11.2. The van der Waals surface area contributed by atoms with Crippen molar-refractivity contribution in [3.63, 3.8) is 0 Å². The average Bonchev–Trinajstić information content (AvgIpc) is 2.57. The summed E-state index contributed by atoms with van der Waals surface area (Å²) in [5.41, 5.74) is 2.43. The van der Waals surface area contributed by atoms with Gasteiger partial charge in [-0.05, 0) is 40.0 Å². The van der Waals surface area contributed by atoms with Gasteiger partial charge in [-0.2, -0.15) is 0 Å². The van der Waals surface area contributed by atoms with Crippen LogP contribution in [0, 0.1) is 6.92 Å². The van der Waals surface area contributed by atoms with E-state index in [0.717, 1.165) is 43.0 Å². The summed E-state index contributed by atoms with van der Waals surface area (Å²) in [6.07, 6.45) is 3.77. The zero-order valence-corrected chi connectivity index (χ0v) is 15.1. The van der Waals surface area contributed by atoms with E-state index in [1.54, 1.807) is 7.11 Å². The second-order valence-electron chi connectivity index (χ2n) is 5.77. The third-order valence-corrected chi connectivity index (χ3v) is 4.54. The van der Waals surface area contributed by atoms with E-state index < -0.39 is 0 Å². The molecule has 3 heterocycles. The lowest BCUT2D eigenvalue weighted by Gasteiger charge is -2.36. The van der Waals surface area contributed by atoms with Crippen molar-refractivity contribution in [1.82, 2.24) is 14.9 Å². The summed E-state index contributed by atoms with van der Waals surface area (Å²) in [7, 11) is 1.64. The van der Waals surface area contributed by atoms with Crippen molar-refractivity contribution in [2.24, 2.45) is 0 Å². The number of pyridine rings is 2. The van der Waals surface area contributed by atoms with Gasteiger partial charge in [0.15, 0.2) is 0 Å². The second kappa shape index (κ2) is 7.27. The van der Waals surface area contributed by atoms with Gasteiger partial charge in [-0.25, -0.2) is 9.97 Å². The third kappa shape index (κ3) is 4.00. The largest absolute Gasteiger partial charge is 0.481 e. The maximum absolute atomic E-state index is 5.10. The third-order valence-electron chi connectivity index (χ3n) is 4.10. The fraction of sp³-hybridized carbons (Fsp3) is 0.412. The molecule has 2 aromatic heterocycles. The Morgan fingerprint density at radius 3 is 2.52 bits per heavy atom. The van der Waals surface area contributed by atoms with Crippen LogP contribution in [0.2, 0.25) is 0 Å². The van der Waals surface area contributed by atoms with Crippen LogP contribution in [-0.2, 0) is 6.54 Å². The first kappa shape index (κ1) is 16.2. The number of rotatable bonds is 4. The molecule has 0 N–H and O–H groups in total. The van der Waals surface area contributed by atoms with Crippen LogP contribution in [0.15, 0.2) is 35.1 Å². The van der Waals surface area contributed by atoms with E-state index in [2.05, 4.69) is 54.8 Å². The molecule has 0 unspecified atom stereocenters. The standard InChI is InChI=1S/C17H21BrN4O/c1-13-9-15(18)11-20-17(13)22-7-5-21(6-8-22)12-14-3-4-16(23-2)19-10-14/h3-4,9-11H,5-8,12H2,1-2H3. The highest BCUT2D eigenvalue weighted by molar-refractivity contribution is 9.10. The SMILES string of the molecule is COc1ccc(CN2CCN(c3ncc(Br)cc3C)CC2)cn1. The van der Waals surface area contributed by atoms with Gasteiger partial charge in [0.2, 0.25) is 5.88 Å². The van der Waals surface area contributed by atoms with Crippen molar-refractivity contribution in [2.45, 2.75) is 13.5 Å². The smallest absolute Gasteiger partial charge is 0.212 e. The molecule has 0 saturated carbocycles. The van der Waals surface area contributed by atoms with E-state index in [1.807, 2.05) is 18.5 Å². The Bertz CT molecular complexity index is 654. The molecular weight excluding hydrogens is 356 g/mol. The van der Waals surface area contributed by atoms with Gasteiger partial charge in [0.25, 0.3) is 0 Å². The van der Waals surface area contributed by atoms with Gasteiger partial charge >= 0.3 is 0 Å². The molecule has 6 heteroatoms. The minimum absolute atomic E-state index is 0.662. The predicted molar refractivity (Wildman–Crippen MR) is 95.0 cm³/mol. The summed E-state index contributed by atoms with van der Waals surface area (Å²) in [5, 5.41) is 0. The van der Waals surface area contributed by atoms with E-state index in [0.29, 0.717) is 5.88 Å². The number of hydrogen-bond acceptors (Lipinski definition) is 5. The lowest BCUT2D eigenvalue weighted by molar-refractivity contribution is 0.249. The van der Waals surface area contributed by atoms with Crippen LogP contribution in [0.1, 0.15) is 11.1 Å². The highest BCUT2D eigenvalue weighted by Gasteiger charge is 2.19. The van der Waals surface area contributed by atoms with Crippen LogP contribution in [0.5, 0.6) is 5.88 Å². The molecule has 0 atom stereocenters. The van der Waals surface area contributed by atoms with E-state index >= 15 is 0 Å². The number of anilines is 1. The number of hydrogen-bond donors (Lipinski definition) is 0. The first-order valence-corrected chi connectivity index (χ1v) is 8.53. The highest BCUT2D eigenvalue weighted by Crippen LogP contribution is 2.22. The summed E-state index contributed by atoms with van der Waals surface area (Å²) in [6, 6.07) is 6.12. The van der Waals surface area contributed by atoms with Crippen molar-refractivity contribution in [3.8, 4) is 5.88 Å². The van der Waals surface area contributed by atoms with Crippen LogP contribution in [0.3, 0.4) is 0 Å². The molecule has 0 bridgehead atoms. The molecule has 23 heavy (non-hydrogen) atoms. The zero-order valence-electron chi connectivity index (χ0n) is 13.5. The highest BCUT2D eigenvalue weighted by atomic mass is 79.9. The van der Waals surface area contributed by atoms with Gasteiger partial charge in [0, 0.05) is 55.7 Å². The Morgan fingerprint density at radius 2 is 1.91 bits per heavy atom. The average molecular weight is 377 g/mol. The van der Waals surface area contributed by atoms with E-state index in [-0.39, 0.29) is 0 Å². The lowest BCUT2D eigenvalue weighted by Crippen LogP contribution is -2.46. The minimum Gasteiger partial charge on any atom is -0.481 e. The van der Waals surface area contributed by atoms with E-state index in [9.17, 15) is 0 Å². The number of piperazine rings is 1. The lowest BCUT2D eigenvalue weighted by atomic mass is 10.2. The molecule has 122 valence electrons. The Kier molecular flexibility index (Phi) is 5.13. The van der Waals surface area contributed by atoms with Gasteiger partial charge in [0.05, 0.1) is 7.11 Å². The first-order valence-electron chi connectivity index (χ1n) is 7.74. The van der Waals surface area contributed by atoms with E-state index in [1.165, 1.54) is 11.1 Å². The molecule has 5 nitrogen and oxygen atoms in total. The summed E-state index contributed by atoms with van der Waals surface area (Å²) >= 11 is 3.47. The molecule has 3 rings (SSSR count). The van der Waals surface area contributed by atoms with Gasteiger partial charge in [-0.3, -0.25) is 4.90 Å². The summed E-state index contributed by atoms with van der Waals surface area (Å²) in [4.78, 5) is 13.7. The maximum atomic E-state index is 5.10. The maximum Gasteiger partial charge on any atom is 0.212 e. The molecule has 0 spiro atoms. The minimum atomic E-state index is 0.662. The van der Waals surface area contributed by atoms with E-state index in [4.69, 9.17) is 4.74 Å². The van der Waals surface area contributed by atoms with Crippen LogP contribution in [0.25, 0.3) is 0 Å². The molecule has 1 fully saturated rings. The Balaban J connectivity index is 1.57. The van der Waals surface area contributed by atoms with Crippen LogP contribution in [0.4, 0.5) is 5.82 Å². The second-order valence-corrected chi connectivity index (χ2v) is 6.68. The molecular formula is C17H21BrN4O. The fourth-order valence-electron chi connectivity index (χ4n) is 2.87. The molecule has 0 aliphatic carbocycles. The summed E-state index contributed by atoms with van der Waals surface area (Å²) < 4.78 is 6.13. The zero-order chi connectivity index (χ0) is 16.2. The van der Waals surface area contributed by atoms with Crippen molar-refractivity contribution in [2.75, 3.05) is 38.2 Å². The Labute approximate surface area is 145 Å². The number of methoxy groups -OCH3 is 1. The Morgan fingerprint density at radius 1 is 1.13 bits per heavy atom. The normalized spacial score (nSPS) is 15.7. The van der Waals surface area contributed by atoms with Gasteiger partial charge in [-0.15, -0.1) is 0 Å². The number of ether oxygens (including phenoxy) is 1. The summed E-state index contributed by atoms with van der Waals surface area (Å²) in [5.74, 6) is 1.76. The molecule has 2 aromatic rings. The predicted octanol–water partition coefficient (Wildman–Crippen LogP) is 2.88. The van der Waals surface area contributed by atoms with Crippen LogP contribution < -0.4 is 9.64 Å². The molecule has 0 aromatic carbocycles. The molecule has 0 amide bonds. The molecule has 1 aliphatic heterocycles. The quantitative estimate of drug-likeness (QED) is 0.820. The number of aromatic nitrogens is 2. The molecule has 1 aliphatic rings. The van der Waals surface area contributed by atoms with Gasteiger partial charge in [0.1, 0.15) is 5.82 Å². The topological polar surface area (TPSA) is 41.5 Å². The molecule has 0 radical (unpaired) electrons. The van der Waals surface area contributed by atoms with Crippen molar-refractivity contribution in [1.29, 1.82) is 0 Å². The Hall–Kier alpha value is -1.66. The molecule has 1 saturated heterocycles. The fourth-order valence-corrected chi connectivity index (χ4v) is 3.31.